The topological polar surface area (TPSA) is 81.8 Å². The minimum Gasteiger partial charge on any atom is -0.493 e. The number of non-ortho nitro benzene ring substituents is 1. The standard InChI is InChI=1S/C14H12ClNO5/c1-20-14-7-10(16(18)19)3-5-13(14)21-12-4-2-9(8-17)6-11(12)15/h2-7,17H,8H2,1H3. The summed E-state index contributed by atoms with van der Waals surface area (Å²) in [4.78, 5) is 10.2. The van der Waals surface area contributed by atoms with Crippen LogP contribution in [0.1, 0.15) is 5.56 Å². The second-order valence-electron chi connectivity index (χ2n) is 4.12. The molecular formula is C14H12ClNO5. The molecule has 6 nitrogen and oxygen atoms in total. The summed E-state index contributed by atoms with van der Waals surface area (Å²) in [5.41, 5.74) is 0.559. The number of aliphatic hydroxyl groups excluding tert-OH is 1. The maximum absolute atomic E-state index is 10.7. The Bertz CT molecular complexity index is 674. The fourth-order valence-electron chi connectivity index (χ4n) is 1.70. The van der Waals surface area contributed by atoms with E-state index in [9.17, 15) is 10.1 Å². The molecule has 0 aliphatic heterocycles. The molecule has 0 bridgehead atoms. The molecule has 7 heteroatoms. The van der Waals surface area contributed by atoms with Gasteiger partial charge in [-0.2, -0.15) is 0 Å². The van der Waals surface area contributed by atoms with Gasteiger partial charge >= 0.3 is 0 Å². The van der Waals surface area contributed by atoms with Crippen LogP contribution in [-0.4, -0.2) is 17.1 Å². The Kier molecular flexibility index (Phi) is 4.62. The SMILES string of the molecule is COc1cc([N+](=O)[O-])ccc1Oc1ccc(CO)cc1Cl. The highest BCUT2D eigenvalue weighted by molar-refractivity contribution is 6.32. The second kappa shape index (κ2) is 6.43. The number of halogens is 1. The summed E-state index contributed by atoms with van der Waals surface area (Å²) in [5.74, 6) is 0.897. The summed E-state index contributed by atoms with van der Waals surface area (Å²) >= 11 is 6.05. The largest absolute Gasteiger partial charge is 0.493 e. The van der Waals surface area contributed by atoms with Gasteiger partial charge in [0.25, 0.3) is 5.69 Å². The zero-order valence-corrected chi connectivity index (χ0v) is 11.8. The molecule has 0 aromatic heterocycles. The lowest BCUT2D eigenvalue weighted by Gasteiger charge is -2.11. The molecule has 2 aromatic rings. The molecule has 0 saturated carbocycles. The van der Waals surface area contributed by atoms with Crippen molar-refractivity contribution in [1.82, 2.24) is 0 Å². The number of hydrogen-bond acceptors (Lipinski definition) is 5. The summed E-state index contributed by atoms with van der Waals surface area (Å²) < 4.78 is 10.7. The van der Waals surface area contributed by atoms with Crippen LogP contribution in [0, 0.1) is 10.1 Å². The monoisotopic (exact) mass is 309 g/mol. The number of hydrogen-bond donors (Lipinski definition) is 1. The summed E-state index contributed by atoms with van der Waals surface area (Å²) in [6, 6.07) is 8.87. The van der Waals surface area contributed by atoms with Crippen molar-refractivity contribution >= 4 is 17.3 Å². The lowest BCUT2D eigenvalue weighted by Crippen LogP contribution is -1.94. The molecule has 21 heavy (non-hydrogen) atoms. The number of nitro groups is 1. The minimum atomic E-state index is -0.519. The summed E-state index contributed by atoms with van der Waals surface area (Å²) in [7, 11) is 1.39. The van der Waals surface area contributed by atoms with Gasteiger partial charge in [-0.3, -0.25) is 10.1 Å². The van der Waals surface area contributed by atoms with Gasteiger partial charge in [0.1, 0.15) is 5.75 Å². The molecule has 0 radical (unpaired) electrons. The van der Waals surface area contributed by atoms with Crippen molar-refractivity contribution in [2.75, 3.05) is 7.11 Å². The third-order valence-electron chi connectivity index (χ3n) is 2.76. The predicted molar refractivity (Wildman–Crippen MR) is 77.1 cm³/mol. The summed E-state index contributed by atoms with van der Waals surface area (Å²) in [6.45, 7) is -0.124. The average molecular weight is 310 g/mol. The average Bonchev–Trinajstić information content (AvgIpc) is 2.49. The van der Waals surface area contributed by atoms with E-state index < -0.39 is 4.92 Å². The van der Waals surface area contributed by atoms with E-state index in [4.69, 9.17) is 26.2 Å². The van der Waals surface area contributed by atoms with Crippen LogP contribution in [-0.2, 0) is 6.61 Å². The van der Waals surface area contributed by atoms with Gasteiger partial charge in [-0.1, -0.05) is 17.7 Å². The Balaban J connectivity index is 2.33. The zero-order chi connectivity index (χ0) is 15.4. The van der Waals surface area contributed by atoms with Crippen molar-refractivity contribution in [1.29, 1.82) is 0 Å². The van der Waals surface area contributed by atoms with Crippen LogP contribution >= 0.6 is 11.6 Å². The number of methoxy groups -OCH3 is 1. The van der Waals surface area contributed by atoms with E-state index in [1.165, 1.54) is 25.3 Å². The third-order valence-corrected chi connectivity index (χ3v) is 3.05. The third kappa shape index (κ3) is 3.42. The summed E-state index contributed by atoms with van der Waals surface area (Å²) in [5, 5.41) is 20.1. The molecule has 0 unspecified atom stereocenters. The van der Waals surface area contributed by atoms with Crippen LogP contribution in [0.3, 0.4) is 0 Å². The number of aliphatic hydroxyl groups is 1. The smallest absolute Gasteiger partial charge is 0.273 e. The van der Waals surface area contributed by atoms with Crippen molar-refractivity contribution in [3.05, 3.63) is 57.1 Å². The maximum Gasteiger partial charge on any atom is 0.273 e. The van der Waals surface area contributed by atoms with Crippen LogP contribution in [0.25, 0.3) is 0 Å². The first-order valence-electron chi connectivity index (χ1n) is 5.94. The number of rotatable bonds is 5. The molecule has 0 heterocycles. The first-order valence-corrected chi connectivity index (χ1v) is 6.32. The molecule has 110 valence electrons. The van der Waals surface area contributed by atoms with Crippen LogP contribution in [0.15, 0.2) is 36.4 Å². The molecule has 0 saturated heterocycles. The number of nitrogens with zero attached hydrogens (tertiary/aromatic N) is 1. The van der Waals surface area contributed by atoms with Gasteiger partial charge in [-0.05, 0) is 23.8 Å². The number of nitro benzene ring substituents is 1. The highest BCUT2D eigenvalue weighted by Crippen LogP contribution is 2.37. The van der Waals surface area contributed by atoms with Gasteiger partial charge in [-0.15, -0.1) is 0 Å². The van der Waals surface area contributed by atoms with E-state index in [0.29, 0.717) is 22.1 Å². The van der Waals surface area contributed by atoms with Crippen molar-refractivity contribution < 1.29 is 19.5 Å². The predicted octanol–water partition coefficient (Wildman–Crippen LogP) is 3.54. The fourth-order valence-corrected chi connectivity index (χ4v) is 1.94. The van der Waals surface area contributed by atoms with Gasteiger partial charge in [0, 0.05) is 6.07 Å². The summed E-state index contributed by atoms with van der Waals surface area (Å²) in [6.07, 6.45) is 0. The molecule has 2 rings (SSSR count). The Morgan fingerprint density at radius 2 is 1.90 bits per heavy atom. The van der Waals surface area contributed by atoms with Crippen molar-refractivity contribution in [3.8, 4) is 17.2 Å². The van der Waals surface area contributed by atoms with Gasteiger partial charge in [0.15, 0.2) is 11.5 Å². The van der Waals surface area contributed by atoms with Gasteiger partial charge in [-0.25, -0.2) is 0 Å². The number of ether oxygens (including phenoxy) is 2. The van der Waals surface area contributed by atoms with Crippen LogP contribution in [0.5, 0.6) is 17.2 Å². The van der Waals surface area contributed by atoms with Crippen LogP contribution in [0.4, 0.5) is 5.69 Å². The molecule has 0 aliphatic rings. The van der Waals surface area contributed by atoms with E-state index >= 15 is 0 Å². The molecule has 0 fully saturated rings. The molecule has 1 N–H and O–H groups in total. The van der Waals surface area contributed by atoms with E-state index in [2.05, 4.69) is 0 Å². The molecule has 0 atom stereocenters. The van der Waals surface area contributed by atoms with Gasteiger partial charge < -0.3 is 14.6 Å². The van der Waals surface area contributed by atoms with Crippen LogP contribution < -0.4 is 9.47 Å². The normalized spacial score (nSPS) is 10.2. The van der Waals surface area contributed by atoms with Gasteiger partial charge in [0.05, 0.1) is 29.7 Å². The quantitative estimate of drug-likeness (QED) is 0.674. The number of benzene rings is 2. The molecule has 2 aromatic carbocycles. The fraction of sp³-hybridized carbons (Fsp3) is 0.143. The lowest BCUT2D eigenvalue weighted by molar-refractivity contribution is -0.384. The van der Waals surface area contributed by atoms with E-state index in [1.807, 2.05) is 0 Å². The van der Waals surface area contributed by atoms with Gasteiger partial charge in [0.2, 0.25) is 0 Å². The highest BCUT2D eigenvalue weighted by Gasteiger charge is 2.14. The molecule has 0 amide bonds. The van der Waals surface area contributed by atoms with E-state index in [-0.39, 0.29) is 18.0 Å². The van der Waals surface area contributed by atoms with E-state index in [0.717, 1.165) is 0 Å². The van der Waals surface area contributed by atoms with Crippen molar-refractivity contribution in [2.24, 2.45) is 0 Å². The van der Waals surface area contributed by atoms with Crippen molar-refractivity contribution in [2.45, 2.75) is 6.61 Å². The van der Waals surface area contributed by atoms with Crippen molar-refractivity contribution in [3.63, 3.8) is 0 Å². The molecular weight excluding hydrogens is 298 g/mol. The lowest BCUT2D eigenvalue weighted by atomic mass is 10.2. The molecule has 0 spiro atoms. The Morgan fingerprint density at radius 1 is 1.19 bits per heavy atom. The Labute approximate surface area is 125 Å². The maximum atomic E-state index is 10.7. The minimum absolute atomic E-state index is 0.0964. The molecule has 0 aliphatic carbocycles. The van der Waals surface area contributed by atoms with Crippen LogP contribution in [0.2, 0.25) is 5.02 Å². The Morgan fingerprint density at radius 3 is 2.48 bits per heavy atom. The second-order valence-corrected chi connectivity index (χ2v) is 4.52. The Hall–Kier alpha value is -2.31. The first-order chi connectivity index (χ1) is 10.0. The van der Waals surface area contributed by atoms with E-state index in [1.54, 1.807) is 18.2 Å². The zero-order valence-electron chi connectivity index (χ0n) is 11.1. The first kappa shape index (κ1) is 15.1. The highest BCUT2D eigenvalue weighted by atomic mass is 35.5.